The summed E-state index contributed by atoms with van der Waals surface area (Å²) >= 11 is 0. The summed E-state index contributed by atoms with van der Waals surface area (Å²) in [6.45, 7) is 4.57. The van der Waals surface area contributed by atoms with Crippen LogP contribution in [0.5, 0.6) is 0 Å². The van der Waals surface area contributed by atoms with Crippen LogP contribution in [0.25, 0.3) is 16.6 Å². The molecule has 2 aromatic heterocycles. The molecule has 1 fully saturated rings. The largest absolute Gasteiger partial charge is 0.481 e. The highest BCUT2D eigenvalue weighted by atomic mass is 32.2. The van der Waals surface area contributed by atoms with Gasteiger partial charge >= 0.3 is 5.97 Å². The van der Waals surface area contributed by atoms with Gasteiger partial charge in [-0.25, -0.2) is 17.5 Å². The van der Waals surface area contributed by atoms with Crippen molar-refractivity contribution in [3.63, 3.8) is 0 Å². The first kappa shape index (κ1) is 26.1. The number of fused-ring (bicyclic) bond motifs is 1. The Hall–Kier alpha value is -3.57. The number of aliphatic carboxylic acids is 1. The first-order chi connectivity index (χ1) is 18.2. The number of benzene rings is 2. The van der Waals surface area contributed by atoms with Gasteiger partial charge in [-0.1, -0.05) is 19.9 Å². The van der Waals surface area contributed by atoms with Crippen molar-refractivity contribution in [2.24, 2.45) is 0 Å². The van der Waals surface area contributed by atoms with Crippen molar-refractivity contribution >= 4 is 26.9 Å². The number of carbonyl (C=O) groups is 1. The lowest BCUT2D eigenvalue weighted by Crippen LogP contribution is -2.54. The van der Waals surface area contributed by atoms with Gasteiger partial charge in [-0.3, -0.25) is 9.48 Å². The summed E-state index contributed by atoms with van der Waals surface area (Å²) in [7, 11) is -3.83. The fraction of sp³-hybridized carbons (Fsp3) is 0.370. The summed E-state index contributed by atoms with van der Waals surface area (Å²) in [5, 5.41) is 19.8. The summed E-state index contributed by atoms with van der Waals surface area (Å²) in [6.07, 6.45) is 6.15. The van der Waals surface area contributed by atoms with E-state index in [1.54, 1.807) is 33.8 Å². The van der Waals surface area contributed by atoms with Crippen molar-refractivity contribution in [3.8, 4) is 5.69 Å². The quantitative estimate of drug-likeness (QED) is 0.356. The number of halogens is 1. The average molecular weight is 540 g/mol. The predicted octanol–water partition coefficient (Wildman–Crippen LogP) is 4.36. The van der Waals surface area contributed by atoms with E-state index in [1.807, 2.05) is 26.0 Å². The van der Waals surface area contributed by atoms with Crippen molar-refractivity contribution in [2.45, 2.75) is 62.4 Å². The maximum atomic E-state index is 13.5. The Morgan fingerprint density at radius 1 is 1.13 bits per heavy atom. The van der Waals surface area contributed by atoms with Crippen LogP contribution >= 0.6 is 0 Å². The molecule has 2 aromatic carbocycles. The zero-order valence-corrected chi connectivity index (χ0v) is 22.1. The average Bonchev–Trinajstić information content (AvgIpc) is 3.56. The molecule has 0 saturated carbocycles. The minimum atomic E-state index is -3.83. The Labute approximate surface area is 220 Å². The number of rotatable bonds is 8. The van der Waals surface area contributed by atoms with E-state index in [0.717, 1.165) is 17.3 Å². The molecule has 0 aliphatic carbocycles. The minimum absolute atomic E-state index is 0.0823. The molecular weight excluding hydrogens is 509 g/mol. The Kier molecular flexibility index (Phi) is 6.83. The number of carboxylic acid groups (broad SMARTS) is 1. The molecule has 1 N–H and O–H groups in total. The van der Waals surface area contributed by atoms with E-state index in [9.17, 15) is 22.7 Å². The number of sulfonamides is 1. The van der Waals surface area contributed by atoms with Gasteiger partial charge in [-0.15, -0.1) is 0 Å². The van der Waals surface area contributed by atoms with Gasteiger partial charge in [0.15, 0.2) is 0 Å². The van der Waals surface area contributed by atoms with Crippen LogP contribution in [0.1, 0.15) is 45.1 Å². The van der Waals surface area contributed by atoms with E-state index in [4.69, 9.17) is 0 Å². The summed E-state index contributed by atoms with van der Waals surface area (Å²) in [4.78, 5) is 12.9. The second-order valence-corrected chi connectivity index (χ2v) is 11.7. The molecule has 4 aromatic rings. The molecule has 0 radical (unpaired) electrons. The van der Waals surface area contributed by atoms with Crippen LogP contribution in [0.15, 0.2) is 66.0 Å². The second-order valence-electron chi connectivity index (χ2n) is 9.76. The highest BCUT2D eigenvalue weighted by molar-refractivity contribution is 7.89. The molecule has 0 bridgehead atoms. The van der Waals surface area contributed by atoms with Crippen molar-refractivity contribution in [1.29, 1.82) is 0 Å². The third-order valence-corrected chi connectivity index (χ3v) is 9.40. The summed E-state index contributed by atoms with van der Waals surface area (Å²) in [5.74, 6) is -1.32. The predicted molar refractivity (Wildman–Crippen MR) is 140 cm³/mol. The molecule has 5 rings (SSSR count). The number of hydrogen-bond donors (Lipinski definition) is 1. The zero-order chi connectivity index (χ0) is 27.1. The fourth-order valence-electron chi connectivity index (χ4n) is 5.42. The Morgan fingerprint density at radius 3 is 2.58 bits per heavy atom. The van der Waals surface area contributed by atoms with Crippen LogP contribution < -0.4 is 0 Å². The molecule has 1 saturated heterocycles. The monoisotopic (exact) mass is 539 g/mol. The van der Waals surface area contributed by atoms with Crippen molar-refractivity contribution in [2.75, 3.05) is 6.54 Å². The fourth-order valence-corrected chi connectivity index (χ4v) is 7.07. The summed E-state index contributed by atoms with van der Waals surface area (Å²) in [6, 6.07) is 10.9. The van der Waals surface area contributed by atoms with Gasteiger partial charge in [0.2, 0.25) is 10.0 Å². The molecule has 0 amide bonds. The van der Waals surface area contributed by atoms with E-state index in [-0.39, 0.29) is 30.1 Å². The first-order valence-corrected chi connectivity index (χ1v) is 14.2. The third kappa shape index (κ3) is 4.39. The van der Waals surface area contributed by atoms with Gasteiger partial charge in [-0.05, 0) is 67.6 Å². The van der Waals surface area contributed by atoms with Crippen LogP contribution in [0.4, 0.5) is 4.39 Å². The molecule has 2 unspecified atom stereocenters. The Balaban J connectivity index is 1.47. The van der Waals surface area contributed by atoms with Crippen molar-refractivity contribution < 1.29 is 22.7 Å². The van der Waals surface area contributed by atoms with Crippen LogP contribution in [-0.2, 0) is 26.8 Å². The highest BCUT2D eigenvalue weighted by Crippen LogP contribution is 2.42. The van der Waals surface area contributed by atoms with Crippen LogP contribution in [0, 0.1) is 5.82 Å². The maximum absolute atomic E-state index is 13.5. The normalized spacial score (nSPS) is 20.7. The number of aryl methyl sites for hydroxylation is 1. The molecule has 200 valence electrons. The molecule has 11 heteroatoms. The summed E-state index contributed by atoms with van der Waals surface area (Å²) < 4.78 is 45.1. The lowest BCUT2D eigenvalue weighted by atomic mass is 9.70. The Morgan fingerprint density at radius 2 is 1.89 bits per heavy atom. The zero-order valence-electron chi connectivity index (χ0n) is 21.3. The van der Waals surface area contributed by atoms with Crippen LogP contribution in [0.3, 0.4) is 0 Å². The molecule has 0 spiro atoms. The molecule has 38 heavy (non-hydrogen) atoms. The standard InChI is InChI=1S/C27H30FN5O4S/c1-3-12-31-18-24(17-29-31)38(36,37)32-13-11-27(26(34)35,15-22(32)4-2)20-5-10-25-19(14-20)16-30-33(25)23-8-6-21(28)7-9-23/h5-10,14,16-18,22H,3-4,11-13,15H2,1-2H3,(H,34,35). The number of hydrogen-bond acceptors (Lipinski definition) is 5. The molecule has 1 aliphatic heterocycles. The summed E-state index contributed by atoms with van der Waals surface area (Å²) in [5.41, 5.74) is 0.819. The van der Waals surface area contributed by atoms with Gasteiger partial charge < -0.3 is 5.11 Å². The SMILES string of the molecule is CCCn1cc(S(=O)(=O)N2CCC(C(=O)O)(c3ccc4c(cnn4-c4ccc(F)cc4)c3)CC2CC)cn1. The number of nitrogens with zero attached hydrogens (tertiary/aromatic N) is 5. The first-order valence-electron chi connectivity index (χ1n) is 12.7. The van der Waals surface area contributed by atoms with Gasteiger partial charge in [0.1, 0.15) is 10.7 Å². The third-order valence-electron chi connectivity index (χ3n) is 7.49. The molecule has 2 atom stereocenters. The lowest BCUT2D eigenvalue weighted by molar-refractivity contribution is -0.146. The number of aromatic nitrogens is 4. The number of carboxylic acids is 1. The minimum Gasteiger partial charge on any atom is -0.481 e. The lowest BCUT2D eigenvalue weighted by Gasteiger charge is -2.43. The van der Waals surface area contributed by atoms with E-state index in [1.165, 1.54) is 28.8 Å². The number of piperidine rings is 1. The Bertz CT molecular complexity index is 1580. The van der Waals surface area contributed by atoms with E-state index < -0.39 is 27.4 Å². The highest BCUT2D eigenvalue weighted by Gasteiger charge is 2.49. The van der Waals surface area contributed by atoms with Gasteiger partial charge in [0.25, 0.3) is 0 Å². The second kappa shape index (κ2) is 9.95. The van der Waals surface area contributed by atoms with Gasteiger partial charge in [0, 0.05) is 30.7 Å². The van der Waals surface area contributed by atoms with E-state index in [0.29, 0.717) is 24.2 Å². The van der Waals surface area contributed by atoms with Gasteiger partial charge in [-0.2, -0.15) is 14.5 Å². The molecular formula is C27H30FN5O4S. The molecule has 1 aliphatic rings. The molecule has 3 heterocycles. The van der Waals surface area contributed by atoms with Crippen molar-refractivity contribution in [3.05, 3.63) is 72.4 Å². The maximum Gasteiger partial charge on any atom is 0.314 e. The van der Waals surface area contributed by atoms with E-state index >= 15 is 0 Å². The van der Waals surface area contributed by atoms with Crippen LogP contribution in [-0.4, -0.2) is 55.9 Å². The smallest absolute Gasteiger partial charge is 0.314 e. The molecule has 9 nitrogen and oxygen atoms in total. The topological polar surface area (TPSA) is 110 Å². The van der Waals surface area contributed by atoms with E-state index in [2.05, 4.69) is 10.2 Å². The van der Waals surface area contributed by atoms with Gasteiger partial charge in [0.05, 0.1) is 29.0 Å². The van der Waals surface area contributed by atoms with Crippen molar-refractivity contribution in [1.82, 2.24) is 23.9 Å². The van der Waals surface area contributed by atoms with Crippen LogP contribution in [0.2, 0.25) is 0 Å².